The van der Waals surface area contributed by atoms with Gasteiger partial charge in [0.2, 0.25) is 0 Å². The molecule has 1 aromatic carbocycles. The van der Waals surface area contributed by atoms with E-state index in [4.69, 9.17) is 9.84 Å². The first kappa shape index (κ1) is 17.5. The number of alkyl halides is 3. The predicted octanol–water partition coefficient (Wildman–Crippen LogP) is 2.91. The molecular weight excluding hydrogens is 292 g/mol. The van der Waals surface area contributed by atoms with E-state index in [1.54, 1.807) is 0 Å². The molecule has 3 nitrogen and oxygen atoms in total. The molecular formula is C14H16F4O3. The van der Waals surface area contributed by atoms with Gasteiger partial charge in [0, 0.05) is 18.1 Å². The van der Waals surface area contributed by atoms with Crippen molar-refractivity contribution >= 4 is 5.57 Å². The van der Waals surface area contributed by atoms with Gasteiger partial charge in [0.15, 0.2) is 5.60 Å². The Morgan fingerprint density at radius 1 is 1.33 bits per heavy atom. The maximum Gasteiger partial charge on any atom is 0.419 e. The van der Waals surface area contributed by atoms with E-state index >= 15 is 0 Å². The summed E-state index contributed by atoms with van der Waals surface area (Å²) in [5.41, 5.74) is -2.97. The standard InChI is InChI=1S/C14H16F4O3/c1-3-9(7-13(20,8-19)14(16,17)18)11-5-4-10(15)6-12(11)21-2/h3-6,19-20H,7-8H2,1-2H3/b9-3-. The van der Waals surface area contributed by atoms with Crippen LogP contribution in [-0.4, -0.2) is 35.7 Å². The minimum Gasteiger partial charge on any atom is -0.496 e. The van der Waals surface area contributed by atoms with Crippen molar-refractivity contribution in [2.45, 2.75) is 25.1 Å². The van der Waals surface area contributed by atoms with E-state index in [9.17, 15) is 22.7 Å². The summed E-state index contributed by atoms with van der Waals surface area (Å²) in [6.07, 6.45) is -4.52. The number of halogens is 4. The molecule has 0 bridgehead atoms. The number of aliphatic hydroxyl groups excluding tert-OH is 1. The monoisotopic (exact) mass is 308 g/mol. The fourth-order valence-electron chi connectivity index (χ4n) is 1.84. The summed E-state index contributed by atoms with van der Waals surface area (Å²) in [7, 11) is 1.26. The number of allylic oxidation sites excluding steroid dienone is 1. The van der Waals surface area contributed by atoms with Crippen molar-refractivity contribution in [3.8, 4) is 5.75 Å². The Morgan fingerprint density at radius 2 is 1.95 bits per heavy atom. The van der Waals surface area contributed by atoms with Gasteiger partial charge in [-0.05, 0) is 24.6 Å². The van der Waals surface area contributed by atoms with Gasteiger partial charge in [0.25, 0.3) is 0 Å². The number of ether oxygens (including phenoxy) is 1. The molecule has 0 radical (unpaired) electrons. The van der Waals surface area contributed by atoms with Crippen LogP contribution in [0.4, 0.5) is 17.6 Å². The zero-order valence-corrected chi connectivity index (χ0v) is 11.5. The molecule has 0 amide bonds. The highest BCUT2D eigenvalue weighted by atomic mass is 19.4. The lowest BCUT2D eigenvalue weighted by molar-refractivity contribution is -0.268. The van der Waals surface area contributed by atoms with Crippen molar-refractivity contribution in [3.63, 3.8) is 0 Å². The minimum absolute atomic E-state index is 0.0468. The summed E-state index contributed by atoms with van der Waals surface area (Å²) in [6, 6.07) is 3.37. The van der Waals surface area contributed by atoms with Crippen molar-refractivity contribution in [1.29, 1.82) is 0 Å². The maximum atomic E-state index is 13.1. The zero-order chi connectivity index (χ0) is 16.3. The summed E-state index contributed by atoms with van der Waals surface area (Å²) in [6.45, 7) is 0.00362. The minimum atomic E-state index is -5.00. The number of rotatable bonds is 5. The lowest BCUT2D eigenvalue weighted by atomic mass is 9.90. The Hall–Kier alpha value is -1.60. The normalized spacial score (nSPS) is 15.7. The van der Waals surface area contributed by atoms with Crippen LogP contribution in [-0.2, 0) is 0 Å². The lowest BCUT2D eigenvalue weighted by Gasteiger charge is -2.29. The molecule has 1 aromatic rings. The summed E-state index contributed by atoms with van der Waals surface area (Å²) < 4.78 is 56.6. The molecule has 0 spiro atoms. The SMILES string of the molecule is C/C=C(/CC(O)(CO)C(F)(F)F)c1ccc(F)cc1OC. The molecule has 0 heterocycles. The third-order valence-corrected chi connectivity index (χ3v) is 3.13. The molecule has 1 unspecified atom stereocenters. The van der Waals surface area contributed by atoms with Gasteiger partial charge in [-0.25, -0.2) is 4.39 Å². The van der Waals surface area contributed by atoms with Crippen LogP contribution in [0.15, 0.2) is 24.3 Å². The van der Waals surface area contributed by atoms with Gasteiger partial charge in [-0.1, -0.05) is 6.08 Å². The average Bonchev–Trinajstić information content (AvgIpc) is 2.43. The number of hydrogen-bond donors (Lipinski definition) is 2. The van der Waals surface area contributed by atoms with Gasteiger partial charge in [-0.15, -0.1) is 0 Å². The number of methoxy groups -OCH3 is 1. The van der Waals surface area contributed by atoms with Crippen LogP contribution in [0.5, 0.6) is 5.75 Å². The third-order valence-electron chi connectivity index (χ3n) is 3.13. The van der Waals surface area contributed by atoms with Crippen LogP contribution in [0.1, 0.15) is 18.9 Å². The average molecular weight is 308 g/mol. The van der Waals surface area contributed by atoms with E-state index in [1.807, 2.05) is 0 Å². The fraction of sp³-hybridized carbons (Fsp3) is 0.429. The first-order chi connectivity index (χ1) is 9.68. The van der Waals surface area contributed by atoms with E-state index in [1.165, 1.54) is 26.2 Å². The largest absolute Gasteiger partial charge is 0.496 e. The molecule has 1 rings (SSSR count). The van der Waals surface area contributed by atoms with E-state index in [-0.39, 0.29) is 16.9 Å². The molecule has 21 heavy (non-hydrogen) atoms. The highest BCUT2D eigenvalue weighted by Gasteiger charge is 2.53. The van der Waals surface area contributed by atoms with Gasteiger partial charge in [0.1, 0.15) is 11.6 Å². The molecule has 1 atom stereocenters. The Labute approximate surface area is 119 Å². The molecule has 0 fully saturated rings. The second kappa shape index (κ2) is 6.44. The van der Waals surface area contributed by atoms with Crippen LogP contribution in [0, 0.1) is 5.82 Å². The lowest BCUT2D eigenvalue weighted by Crippen LogP contribution is -2.48. The number of hydrogen-bond acceptors (Lipinski definition) is 3. The Balaban J connectivity index is 3.22. The number of benzene rings is 1. The quantitative estimate of drug-likeness (QED) is 0.822. The van der Waals surface area contributed by atoms with Gasteiger partial charge >= 0.3 is 6.18 Å². The molecule has 0 saturated heterocycles. The second-order valence-electron chi connectivity index (χ2n) is 4.52. The first-order valence-corrected chi connectivity index (χ1v) is 6.07. The Bertz CT molecular complexity index is 525. The van der Waals surface area contributed by atoms with Gasteiger partial charge in [-0.3, -0.25) is 0 Å². The van der Waals surface area contributed by atoms with E-state index in [0.717, 1.165) is 12.1 Å². The van der Waals surface area contributed by atoms with Crippen molar-refractivity contribution in [3.05, 3.63) is 35.7 Å². The topological polar surface area (TPSA) is 49.7 Å². The summed E-state index contributed by atoms with van der Waals surface area (Å²) >= 11 is 0. The molecule has 118 valence electrons. The maximum absolute atomic E-state index is 13.1. The smallest absolute Gasteiger partial charge is 0.419 e. The second-order valence-corrected chi connectivity index (χ2v) is 4.52. The van der Waals surface area contributed by atoms with E-state index in [0.29, 0.717) is 0 Å². The first-order valence-electron chi connectivity index (χ1n) is 6.07. The summed E-state index contributed by atoms with van der Waals surface area (Å²) in [5, 5.41) is 18.5. The molecule has 0 aliphatic heterocycles. The van der Waals surface area contributed by atoms with Crippen LogP contribution in [0.3, 0.4) is 0 Å². The van der Waals surface area contributed by atoms with Gasteiger partial charge in [-0.2, -0.15) is 13.2 Å². The highest BCUT2D eigenvalue weighted by molar-refractivity contribution is 5.71. The summed E-state index contributed by atoms with van der Waals surface area (Å²) in [5.74, 6) is -0.551. The molecule has 2 N–H and O–H groups in total. The molecule has 0 aliphatic rings. The Kier molecular flexibility index (Phi) is 5.36. The van der Waals surface area contributed by atoms with Crippen LogP contribution >= 0.6 is 0 Å². The third kappa shape index (κ3) is 3.74. The van der Waals surface area contributed by atoms with Gasteiger partial charge in [0.05, 0.1) is 13.7 Å². The molecule has 7 heteroatoms. The van der Waals surface area contributed by atoms with Crippen molar-refractivity contribution < 1.29 is 32.5 Å². The fourth-order valence-corrected chi connectivity index (χ4v) is 1.84. The van der Waals surface area contributed by atoms with E-state index in [2.05, 4.69) is 0 Å². The van der Waals surface area contributed by atoms with Gasteiger partial charge < -0.3 is 14.9 Å². The van der Waals surface area contributed by atoms with Crippen LogP contribution < -0.4 is 4.74 Å². The number of aliphatic hydroxyl groups is 2. The van der Waals surface area contributed by atoms with Crippen LogP contribution in [0.25, 0.3) is 5.57 Å². The highest BCUT2D eigenvalue weighted by Crippen LogP contribution is 2.39. The zero-order valence-electron chi connectivity index (χ0n) is 11.5. The molecule has 0 saturated carbocycles. The summed E-state index contributed by atoms with van der Waals surface area (Å²) in [4.78, 5) is 0. The molecule has 0 aromatic heterocycles. The van der Waals surface area contributed by atoms with E-state index < -0.39 is 30.6 Å². The Morgan fingerprint density at radius 3 is 2.38 bits per heavy atom. The predicted molar refractivity (Wildman–Crippen MR) is 69.3 cm³/mol. The van der Waals surface area contributed by atoms with Crippen molar-refractivity contribution in [2.75, 3.05) is 13.7 Å². The van der Waals surface area contributed by atoms with Crippen LogP contribution in [0.2, 0.25) is 0 Å². The van der Waals surface area contributed by atoms with Crippen molar-refractivity contribution in [1.82, 2.24) is 0 Å². The van der Waals surface area contributed by atoms with Crippen molar-refractivity contribution in [2.24, 2.45) is 0 Å². The molecule has 0 aliphatic carbocycles.